The molecule has 46 heavy (non-hydrogen) atoms. The lowest BCUT2D eigenvalue weighted by atomic mass is 9.81. The van der Waals surface area contributed by atoms with E-state index in [9.17, 15) is 37.1 Å². The third-order valence-corrected chi connectivity index (χ3v) is 7.65. The quantitative estimate of drug-likeness (QED) is 0.201. The molecule has 4 aromatic rings. The Morgan fingerprint density at radius 1 is 1.11 bits per heavy atom. The van der Waals surface area contributed by atoms with E-state index in [4.69, 9.17) is 20.9 Å². The number of benzene rings is 2. The lowest BCUT2D eigenvalue weighted by Gasteiger charge is -2.31. The number of ether oxygens (including phenoxy) is 2. The van der Waals surface area contributed by atoms with Crippen LogP contribution in [0.3, 0.4) is 0 Å². The number of carbonyl (C=O) groups is 3. The highest BCUT2D eigenvalue weighted by Gasteiger charge is 2.57. The molecule has 6 N–H and O–H groups in total. The summed E-state index contributed by atoms with van der Waals surface area (Å²) in [7, 11) is 0. The molecule has 0 bridgehead atoms. The van der Waals surface area contributed by atoms with Crippen LogP contribution >= 0.6 is 0 Å². The van der Waals surface area contributed by atoms with Gasteiger partial charge in [-0.3, -0.25) is 19.4 Å². The second-order valence-electron chi connectivity index (χ2n) is 11.1. The predicted octanol–water partition coefficient (Wildman–Crippen LogP) is 2.92. The maximum absolute atomic E-state index is 14.7. The summed E-state index contributed by atoms with van der Waals surface area (Å²) >= 11 is 0. The zero-order valence-electron chi connectivity index (χ0n) is 24.4. The summed E-state index contributed by atoms with van der Waals surface area (Å²) in [5.41, 5.74) is 5.02. The van der Waals surface area contributed by atoms with Gasteiger partial charge in [0, 0.05) is 28.3 Å². The predicted molar refractivity (Wildman–Crippen MR) is 155 cm³/mol. The van der Waals surface area contributed by atoms with Gasteiger partial charge in [0.15, 0.2) is 6.61 Å². The van der Waals surface area contributed by atoms with E-state index in [0.29, 0.717) is 10.9 Å². The Morgan fingerprint density at radius 2 is 1.80 bits per heavy atom. The fraction of sp³-hybridized carbons (Fsp3) is 0.258. The standard InChI is InChI=1S/C31H27F4N5O6/c1-15-7-17-8-18(9-21(24(17)38-11-15)45-12-23(36)41)27(42)39-13-30(44,31(33,34)35)22-10-20-26(46-14-29(20,2)28(37)43)25(40-22)16-3-5-19(32)6-4-16/h3-11,44H,12-14H2,1-2H3,(H2,36,41)(H2,37,43)(H,39,42)/t29-,30-/m0/s1. The maximum Gasteiger partial charge on any atom is 0.424 e. The molecule has 240 valence electrons. The number of alkyl halides is 3. The van der Waals surface area contributed by atoms with Crippen LogP contribution in [0.25, 0.3) is 22.2 Å². The number of nitrogens with zero attached hydrogens (tertiary/aromatic N) is 2. The molecule has 2 atom stereocenters. The summed E-state index contributed by atoms with van der Waals surface area (Å²) < 4.78 is 69.0. The van der Waals surface area contributed by atoms with E-state index >= 15 is 0 Å². The van der Waals surface area contributed by atoms with Crippen LogP contribution in [0.2, 0.25) is 0 Å². The van der Waals surface area contributed by atoms with Crippen molar-refractivity contribution in [1.29, 1.82) is 0 Å². The van der Waals surface area contributed by atoms with Gasteiger partial charge in [-0.1, -0.05) is 0 Å². The number of hydrogen-bond donors (Lipinski definition) is 4. The molecule has 11 nitrogen and oxygen atoms in total. The fourth-order valence-electron chi connectivity index (χ4n) is 4.97. The Bertz CT molecular complexity index is 1880. The number of aryl methyl sites for hydroxylation is 1. The SMILES string of the molecule is Cc1cnc2c(OCC(N)=O)cc(C(=O)NC[C@](O)(c3cc4c(c(-c5ccc(F)cc5)n3)OC[C@]4(C)C(N)=O)C(F)(F)F)cc2c1. The van der Waals surface area contributed by atoms with E-state index in [2.05, 4.69) is 15.3 Å². The number of nitrogens with one attached hydrogen (secondary N) is 1. The topological polar surface area (TPSA) is 180 Å². The summed E-state index contributed by atoms with van der Waals surface area (Å²) in [6.07, 6.45) is -3.90. The van der Waals surface area contributed by atoms with Crippen LogP contribution in [0.15, 0.2) is 54.7 Å². The van der Waals surface area contributed by atoms with Gasteiger partial charge in [0.2, 0.25) is 11.5 Å². The molecule has 0 saturated heterocycles. The molecule has 15 heteroatoms. The minimum absolute atomic E-state index is 0.0255. The van der Waals surface area contributed by atoms with Gasteiger partial charge < -0.3 is 31.4 Å². The van der Waals surface area contributed by atoms with Gasteiger partial charge >= 0.3 is 6.18 Å². The van der Waals surface area contributed by atoms with Crippen LogP contribution in [0.4, 0.5) is 17.6 Å². The highest BCUT2D eigenvalue weighted by Crippen LogP contribution is 2.47. The van der Waals surface area contributed by atoms with Crippen molar-refractivity contribution in [2.24, 2.45) is 11.5 Å². The molecule has 0 saturated carbocycles. The first-order chi connectivity index (χ1) is 21.5. The first-order valence-electron chi connectivity index (χ1n) is 13.7. The van der Waals surface area contributed by atoms with Gasteiger partial charge in [-0.25, -0.2) is 9.37 Å². The van der Waals surface area contributed by atoms with Crippen LogP contribution in [0, 0.1) is 12.7 Å². The molecule has 2 aromatic carbocycles. The number of carbonyl (C=O) groups excluding carboxylic acids is 3. The number of aromatic nitrogens is 2. The van der Waals surface area contributed by atoms with Gasteiger partial charge in [-0.2, -0.15) is 13.2 Å². The van der Waals surface area contributed by atoms with Gasteiger partial charge in [-0.15, -0.1) is 0 Å². The van der Waals surface area contributed by atoms with Gasteiger partial charge in [0.1, 0.15) is 40.5 Å². The first kappa shape index (κ1) is 32.1. The Balaban J connectivity index is 1.57. The molecule has 0 fully saturated rings. The number of rotatable bonds is 9. The number of nitrogens with two attached hydrogens (primary N) is 2. The Morgan fingerprint density at radius 3 is 2.43 bits per heavy atom. The lowest BCUT2D eigenvalue weighted by molar-refractivity contribution is -0.265. The molecular formula is C31H27F4N5O6. The third-order valence-electron chi connectivity index (χ3n) is 7.65. The van der Waals surface area contributed by atoms with Crippen molar-refractivity contribution in [2.75, 3.05) is 19.8 Å². The molecule has 3 amide bonds. The summed E-state index contributed by atoms with van der Waals surface area (Å²) in [6, 6.07) is 9.62. The van der Waals surface area contributed by atoms with E-state index in [-0.39, 0.29) is 46.0 Å². The smallest absolute Gasteiger partial charge is 0.424 e. The maximum atomic E-state index is 14.7. The average Bonchev–Trinajstić information content (AvgIpc) is 3.35. The zero-order chi connectivity index (χ0) is 33.6. The molecule has 5 rings (SSSR count). The molecule has 0 unspecified atom stereocenters. The third kappa shape index (κ3) is 5.76. The number of pyridine rings is 2. The number of amides is 3. The lowest BCUT2D eigenvalue weighted by Crippen LogP contribution is -2.51. The Hall–Kier alpha value is -5.31. The highest BCUT2D eigenvalue weighted by atomic mass is 19.4. The van der Waals surface area contributed by atoms with E-state index in [1.54, 1.807) is 13.0 Å². The van der Waals surface area contributed by atoms with Crippen molar-refractivity contribution in [3.05, 3.63) is 82.9 Å². The Kier molecular flexibility index (Phi) is 8.07. The largest absolute Gasteiger partial charge is 0.489 e. The van der Waals surface area contributed by atoms with Crippen molar-refractivity contribution in [3.63, 3.8) is 0 Å². The van der Waals surface area contributed by atoms with Crippen LogP contribution < -0.4 is 26.3 Å². The molecule has 1 aliphatic rings. The van der Waals surface area contributed by atoms with Crippen LogP contribution in [-0.2, 0) is 20.6 Å². The number of halogens is 4. The number of fused-ring (bicyclic) bond motifs is 2. The fourth-order valence-corrected chi connectivity index (χ4v) is 4.97. The zero-order valence-corrected chi connectivity index (χ0v) is 24.4. The number of hydrogen-bond acceptors (Lipinski definition) is 8. The van der Waals surface area contributed by atoms with E-state index in [1.165, 1.54) is 37.4 Å². The molecular weight excluding hydrogens is 614 g/mol. The minimum Gasteiger partial charge on any atom is -0.489 e. The van der Waals surface area contributed by atoms with Crippen molar-refractivity contribution in [1.82, 2.24) is 15.3 Å². The number of primary amides is 2. The average molecular weight is 642 g/mol. The van der Waals surface area contributed by atoms with Crippen molar-refractivity contribution < 1.29 is 46.5 Å². The molecule has 1 aliphatic heterocycles. The molecule has 2 aromatic heterocycles. The molecule has 0 aliphatic carbocycles. The molecule has 0 spiro atoms. The Labute approximate surface area is 258 Å². The monoisotopic (exact) mass is 641 g/mol. The van der Waals surface area contributed by atoms with Crippen molar-refractivity contribution in [2.45, 2.75) is 31.0 Å². The summed E-state index contributed by atoms with van der Waals surface area (Å²) in [5.74, 6) is -3.48. The van der Waals surface area contributed by atoms with Gasteiger partial charge in [0.05, 0.1) is 12.2 Å². The van der Waals surface area contributed by atoms with E-state index in [0.717, 1.165) is 18.2 Å². The highest BCUT2D eigenvalue weighted by molar-refractivity contribution is 6.00. The first-order valence-corrected chi connectivity index (χ1v) is 13.7. The van der Waals surface area contributed by atoms with Gasteiger partial charge in [-0.05, 0) is 67.9 Å². The number of aliphatic hydroxyl groups is 1. The molecule has 0 radical (unpaired) electrons. The minimum atomic E-state index is -5.41. The van der Waals surface area contributed by atoms with Gasteiger partial charge in [0.25, 0.3) is 11.8 Å². The van der Waals surface area contributed by atoms with Crippen LogP contribution in [0.5, 0.6) is 11.5 Å². The van der Waals surface area contributed by atoms with Crippen molar-refractivity contribution >= 4 is 28.6 Å². The normalized spacial score (nSPS) is 17.1. The van der Waals surface area contributed by atoms with E-state index in [1.807, 2.05) is 0 Å². The second kappa shape index (κ2) is 11.6. The second-order valence-corrected chi connectivity index (χ2v) is 11.1. The van der Waals surface area contributed by atoms with Crippen LogP contribution in [-0.4, -0.2) is 58.7 Å². The summed E-state index contributed by atoms with van der Waals surface area (Å²) in [5, 5.41) is 13.8. The summed E-state index contributed by atoms with van der Waals surface area (Å²) in [6.45, 7) is 0.791. The molecule has 3 heterocycles. The van der Waals surface area contributed by atoms with E-state index < -0.39 is 59.6 Å². The van der Waals surface area contributed by atoms with Crippen molar-refractivity contribution in [3.8, 4) is 22.8 Å². The summed E-state index contributed by atoms with van der Waals surface area (Å²) in [4.78, 5) is 45.3. The van der Waals surface area contributed by atoms with Crippen LogP contribution in [0.1, 0.15) is 34.1 Å².